The van der Waals surface area contributed by atoms with E-state index in [0.29, 0.717) is 0 Å². The van der Waals surface area contributed by atoms with Crippen LogP contribution in [0.25, 0.3) is 5.70 Å². The van der Waals surface area contributed by atoms with Crippen molar-refractivity contribution in [1.29, 1.82) is 0 Å². The number of hydrogen-bond donors (Lipinski definition) is 1. The van der Waals surface area contributed by atoms with Gasteiger partial charge in [-0.3, -0.25) is 20.3 Å². The van der Waals surface area contributed by atoms with Crippen LogP contribution in [0.2, 0.25) is 0 Å². The molecule has 0 bridgehead atoms. The summed E-state index contributed by atoms with van der Waals surface area (Å²) in [5, 5.41) is 12.3. The number of benzene rings is 2. The largest absolute Gasteiger partial charge is 0.295 e. The lowest BCUT2D eigenvalue weighted by Gasteiger charge is -2.24. The molecule has 23 heavy (non-hydrogen) atoms. The summed E-state index contributed by atoms with van der Waals surface area (Å²) in [6.07, 6.45) is 1.94. The zero-order chi connectivity index (χ0) is 16.4. The number of amides is 1. The van der Waals surface area contributed by atoms with Gasteiger partial charge >= 0.3 is 0 Å². The van der Waals surface area contributed by atoms with E-state index in [1.807, 2.05) is 36.4 Å². The molecule has 116 valence electrons. The van der Waals surface area contributed by atoms with Crippen molar-refractivity contribution in [2.75, 3.05) is 0 Å². The van der Waals surface area contributed by atoms with Crippen LogP contribution in [0.15, 0.2) is 60.7 Å². The summed E-state index contributed by atoms with van der Waals surface area (Å²) in [6.45, 7) is 1.50. The summed E-state index contributed by atoms with van der Waals surface area (Å²) < 4.78 is 0. The van der Waals surface area contributed by atoms with Crippen molar-refractivity contribution in [2.45, 2.75) is 13.0 Å². The Bertz CT molecular complexity index is 769. The summed E-state index contributed by atoms with van der Waals surface area (Å²) in [5.41, 5.74) is 5.65. The first-order chi connectivity index (χ1) is 11.1. The van der Waals surface area contributed by atoms with Crippen molar-refractivity contribution in [2.24, 2.45) is 0 Å². The van der Waals surface area contributed by atoms with Gasteiger partial charge in [-0.2, -0.15) is 0 Å². The normalized spacial score (nSPS) is 16.7. The van der Waals surface area contributed by atoms with Crippen LogP contribution in [0.3, 0.4) is 0 Å². The van der Waals surface area contributed by atoms with Gasteiger partial charge in [0.1, 0.15) is 0 Å². The highest BCUT2D eigenvalue weighted by molar-refractivity contribution is 5.79. The number of non-ortho nitro benzene ring substituents is 1. The molecular weight excluding hydrogens is 294 g/mol. The molecule has 1 unspecified atom stereocenters. The average molecular weight is 309 g/mol. The summed E-state index contributed by atoms with van der Waals surface area (Å²) in [5.74, 6) is -0.105. The first-order valence-corrected chi connectivity index (χ1v) is 7.14. The zero-order valence-electron chi connectivity index (χ0n) is 12.5. The number of nitro groups is 1. The standard InChI is InChI=1S/C17H15N3O3/c1-12(21)19-17(14-5-3-2-4-6-14)11-16(18-19)13-7-9-15(10-8-13)20(22)23/h2-11,17-18H,1H3. The average Bonchev–Trinajstić information content (AvgIpc) is 3.01. The highest BCUT2D eigenvalue weighted by Gasteiger charge is 2.28. The van der Waals surface area contributed by atoms with Gasteiger partial charge < -0.3 is 0 Å². The third-order valence-electron chi connectivity index (χ3n) is 3.71. The molecule has 1 aliphatic rings. The van der Waals surface area contributed by atoms with Crippen molar-refractivity contribution < 1.29 is 9.72 Å². The number of nitro benzene ring substituents is 1. The van der Waals surface area contributed by atoms with Crippen LogP contribution < -0.4 is 5.43 Å². The topological polar surface area (TPSA) is 75.5 Å². The van der Waals surface area contributed by atoms with Crippen molar-refractivity contribution >= 4 is 17.3 Å². The fraction of sp³-hybridized carbons (Fsp3) is 0.118. The Kier molecular flexibility index (Phi) is 3.80. The van der Waals surface area contributed by atoms with Crippen molar-refractivity contribution in [3.63, 3.8) is 0 Å². The molecule has 1 aliphatic heterocycles. The van der Waals surface area contributed by atoms with Gasteiger partial charge in [-0.25, -0.2) is 5.01 Å². The smallest absolute Gasteiger partial charge is 0.269 e. The first kappa shape index (κ1) is 14.8. The van der Waals surface area contributed by atoms with E-state index in [1.165, 1.54) is 19.1 Å². The van der Waals surface area contributed by atoms with E-state index in [4.69, 9.17) is 0 Å². The molecule has 3 rings (SSSR count). The van der Waals surface area contributed by atoms with Gasteiger partial charge in [0.25, 0.3) is 5.69 Å². The number of hydrogen-bond acceptors (Lipinski definition) is 4. The number of carbonyl (C=O) groups is 1. The minimum atomic E-state index is -0.436. The van der Waals surface area contributed by atoms with E-state index in [1.54, 1.807) is 17.1 Å². The maximum atomic E-state index is 11.9. The molecule has 1 heterocycles. The molecule has 0 saturated carbocycles. The minimum absolute atomic E-state index is 0.0374. The Morgan fingerprint density at radius 2 is 1.78 bits per heavy atom. The predicted molar refractivity (Wildman–Crippen MR) is 85.9 cm³/mol. The summed E-state index contributed by atoms with van der Waals surface area (Å²) in [7, 11) is 0. The lowest BCUT2D eigenvalue weighted by molar-refractivity contribution is -0.384. The van der Waals surface area contributed by atoms with Gasteiger partial charge in [0.05, 0.1) is 16.7 Å². The highest BCUT2D eigenvalue weighted by atomic mass is 16.6. The summed E-state index contributed by atoms with van der Waals surface area (Å²) >= 11 is 0. The van der Waals surface area contributed by atoms with E-state index in [-0.39, 0.29) is 17.6 Å². The Balaban J connectivity index is 1.94. The van der Waals surface area contributed by atoms with E-state index in [2.05, 4.69) is 5.43 Å². The van der Waals surface area contributed by atoms with Gasteiger partial charge in [-0.1, -0.05) is 30.3 Å². The zero-order valence-corrected chi connectivity index (χ0v) is 12.5. The minimum Gasteiger partial charge on any atom is -0.295 e. The van der Waals surface area contributed by atoms with Crippen LogP contribution in [-0.2, 0) is 4.79 Å². The number of hydrazine groups is 1. The second kappa shape index (κ2) is 5.92. The quantitative estimate of drug-likeness (QED) is 0.698. The van der Waals surface area contributed by atoms with E-state index in [0.717, 1.165) is 16.8 Å². The van der Waals surface area contributed by atoms with Gasteiger partial charge in [0, 0.05) is 19.1 Å². The number of nitrogens with zero attached hydrogens (tertiary/aromatic N) is 2. The van der Waals surface area contributed by atoms with Gasteiger partial charge in [-0.05, 0) is 29.3 Å². The summed E-state index contributed by atoms with van der Waals surface area (Å²) in [6, 6.07) is 15.7. The fourth-order valence-electron chi connectivity index (χ4n) is 2.56. The van der Waals surface area contributed by atoms with E-state index in [9.17, 15) is 14.9 Å². The lowest BCUT2D eigenvalue weighted by Crippen LogP contribution is -2.37. The van der Waals surface area contributed by atoms with E-state index >= 15 is 0 Å². The second-order valence-electron chi connectivity index (χ2n) is 5.24. The number of nitrogens with one attached hydrogen (secondary N) is 1. The molecule has 1 amide bonds. The Labute approximate surface area is 133 Å². The lowest BCUT2D eigenvalue weighted by atomic mass is 10.0. The second-order valence-corrected chi connectivity index (χ2v) is 5.24. The van der Waals surface area contributed by atoms with Gasteiger partial charge in [0.2, 0.25) is 5.91 Å². The third kappa shape index (κ3) is 2.91. The molecule has 6 nitrogen and oxygen atoms in total. The van der Waals surface area contributed by atoms with Crippen LogP contribution in [0, 0.1) is 10.1 Å². The van der Waals surface area contributed by atoms with Crippen molar-refractivity contribution in [3.8, 4) is 0 Å². The molecule has 6 heteroatoms. The van der Waals surface area contributed by atoms with Crippen LogP contribution in [0.5, 0.6) is 0 Å². The Morgan fingerprint density at radius 3 is 2.35 bits per heavy atom. The molecule has 0 radical (unpaired) electrons. The van der Waals surface area contributed by atoms with Crippen LogP contribution in [-0.4, -0.2) is 15.8 Å². The molecular formula is C17H15N3O3. The maximum absolute atomic E-state index is 11.9. The molecule has 1 N–H and O–H groups in total. The van der Waals surface area contributed by atoms with Crippen LogP contribution in [0.1, 0.15) is 24.1 Å². The van der Waals surface area contributed by atoms with Gasteiger partial charge in [-0.15, -0.1) is 0 Å². The molecule has 2 aromatic rings. The molecule has 1 atom stereocenters. The van der Waals surface area contributed by atoms with Crippen LogP contribution in [0.4, 0.5) is 5.69 Å². The molecule has 2 aromatic carbocycles. The molecule has 0 aliphatic carbocycles. The van der Waals surface area contributed by atoms with E-state index < -0.39 is 4.92 Å². The number of carbonyl (C=O) groups excluding carboxylic acids is 1. The Hall–Kier alpha value is -3.15. The molecule has 0 fully saturated rings. The molecule has 0 spiro atoms. The SMILES string of the molecule is CC(=O)N1NC(c2ccc([N+](=O)[O-])cc2)=CC1c1ccccc1. The molecule has 0 saturated heterocycles. The maximum Gasteiger partial charge on any atom is 0.269 e. The summed E-state index contributed by atoms with van der Waals surface area (Å²) in [4.78, 5) is 22.2. The van der Waals surface area contributed by atoms with Crippen molar-refractivity contribution in [1.82, 2.24) is 10.4 Å². The Morgan fingerprint density at radius 1 is 1.13 bits per heavy atom. The van der Waals surface area contributed by atoms with Crippen LogP contribution >= 0.6 is 0 Å². The first-order valence-electron chi connectivity index (χ1n) is 7.14. The van der Waals surface area contributed by atoms with Gasteiger partial charge in [0.15, 0.2) is 0 Å². The predicted octanol–water partition coefficient (Wildman–Crippen LogP) is 3.04. The fourth-order valence-corrected chi connectivity index (χ4v) is 2.56. The highest BCUT2D eigenvalue weighted by Crippen LogP contribution is 2.31. The third-order valence-corrected chi connectivity index (χ3v) is 3.71. The molecule has 0 aromatic heterocycles. The number of rotatable bonds is 3. The van der Waals surface area contributed by atoms with Crippen molar-refractivity contribution in [3.05, 3.63) is 81.9 Å². The monoisotopic (exact) mass is 309 g/mol.